The molecule has 0 amide bonds. The zero-order valence-electron chi connectivity index (χ0n) is 7.13. The van der Waals surface area contributed by atoms with Crippen molar-refractivity contribution in [1.29, 1.82) is 0 Å². The van der Waals surface area contributed by atoms with Crippen LogP contribution in [-0.2, 0) is 9.36 Å². The second-order valence-corrected chi connectivity index (χ2v) is 6.88. The number of nitrogens with one attached hydrogen (secondary N) is 1. The van der Waals surface area contributed by atoms with Gasteiger partial charge in [-0.3, -0.25) is 9.88 Å². The maximum atomic E-state index is 11.2. The van der Waals surface area contributed by atoms with Crippen LogP contribution in [0.25, 0.3) is 0 Å². The summed E-state index contributed by atoms with van der Waals surface area (Å²) in [6.45, 7) is 5.01. The van der Waals surface area contributed by atoms with Gasteiger partial charge in [0, 0.05) is 0 Å². The maximum absolute atomic E-state index is 11.2. The fourth-order valence-corrected chi connectivity index (χ4v) is 1.82. The molecule has 0 heterocycles. The van der Waals surface area contributed by atoms with E-state index < -0.39 is 7.14 Å². The predicted octanol–water partition coefficient (Wildman–Crippen LogP) is 0.946. The van der Waals surface area contributed by atoms with Crippen LogP contribution in [0.5, 0.6) is 0 Å². The molecule has 1 N–H and O–H groups in total. The van der Waals surface area contributed by atoms with Gasteiger partial charge in [-0.1, -0.05) is 9.39 Å². The molecule has 0 aromatic carbocycles. The van der Waals surface area contributed by atoms with E-state index in [0.29, 0.717) is 0 Å². The first-order valence-electron chi connectivity index (χ1n) is 3.39. The largest absolute Gasteiger partial charge is 0.324 e. The summed E-state index contributed by atoms with van der Waals surface area (Å²) < 4.78 is 11.2. The van der Waals surface area contributed by atoms with Crippen molar-refractivity contribution in [2.24, 2.45) is 0 Å². The van der Waals surface area contributed by atoms with Gasteiger partial charge >= 0.3 is 0 Å². The minimum atomic E-state index is -2.19. The number of ketones is 1. The predicted molar refractivity (Wildman–Crippen MR) is 51.6 cm³/mol. The Balaban J connectivity index is 3.99. The maximum Gasteiger partial charge on any atom is 0.156 e. The summed E-state index contributed by atoms with van der Waals surface area (Å²) in [5.41, 5.74) is 0. The van der Waals surface area contributed by atoms with E-state index >= 15 is 0 Å². The van der Waals surface area contributed by atoms with Gasteiger partial charge in [0.1, 0.15) is 0 Å². The third kappa shape index (κ3) is 5.55. The molecular formula is C6H15NO2P2. The van der Waals surface area contributed by atoms with Crippen LogP contribution >= 0.6 is 16.5 Å². The molecule has 5 heteroatoms. The fraction of sp³-hybridized carbons (Fsp3) is 0.833. The molecule has 2 atom stereocenters. The van der Waals surface area contributed by atoms with Crippen molar-refractivity contribution in [3.8, 4) is 0 Å². The van der Waals surface area contributed by atoms with Crippen molar-refractivity contribution in [2.45, 2.75) is 13.0 Å². The van der Waals surface area contributed by atoms with Crippen LogP contribution < -0.4 is 5.09 Å². The zero-order chi connectivity index (χ0) is 9.07. The van der Waals surface area contributed by atoms with Crippen LogP contribution in [0.4, 0.5) is 0 Å². The van der Waals surface area contributed by atoms with E-state index in [9.17, 15) is 9.36 Å². The Labute approximate surface area is 70.0 Å². The molecule has 0 spiro atoms. The summed E-state index contributed by atoms with van der Waals surface area (Å²) in [5.74, 6) is 0.00772. The van der Waals surface area contributed by atoms with Crippen LogP contribution in [0.3, 0.4) is 0 Å². The monoisotopic (exact) mass is 195 g/mol. The lowest BCUT2D eigenvalue weighted by Crippen LogP contribution is -2.29. The summed E-state index contributed by atoms with van der Waals surface area (Å²) in [6, 6.07) is -0.215. The van der Waals surface area contributed by atoms with E-state index in [1.807, 2.05) is 0 Å². The smallest absolute Gasteiger partial charge is 0.156 e. The second kappa shape index (κ2) is 4.35. The lowest BCUT2D eigenvalue weighted by atomic mass is 10.3. The van der Waals surface area contributed by atoms with E-state index in [0.717, 1.165) is 0 Å². The van der Waals surface area contributed by atoms with E-state index in [1.54, 1.807) is 20.3 Å². The Kier molecular flexibility index (Phi) is 4.46. The van der Waals surface area contributed by atoms with Gasteiger partial charge in [-0.2, -0.15) is 0 Å². The molecule has 11 heavy (non-hydrogen) atoms. The van der Waals surface area contributed by atoms with Gasteiger partial charge in [-0.05, 0) is 20.3 Å². The van der Waals surface area contributed by atoms with Crippen molar-refractivity contribution in [2.75, 3.05) is 19.5 Å². The second-order valence-electron chi connectivity index (χ2n) is 3.09. The molecule has 66 valence electrons. The molecule has 0 aliphatic carbocycles. The van der Waals surface area contributed by atoms with Crippen molar-refractivity contribution in [3.63, 3.8) is 0 Å². The highest BCUT2D eigenvalue weighted by atomic mass is 31.2. The number of hydrogen-bond donors (Lipinski definition) is 1. The summed E-state index contributed by atoms with van der Waals surface area (Å²) in [6.07, 6.45) is 0.190. The molecule has 0 rings (SSSR count). The van der Waals surface area contributed by atoms with Gasteiger partial charge in [-0.25, -0.2) is 0 Å². The Hall–Kier alpha value is 0.290. The van der Waals surface area contributed by atoms with Crippen molar-refractivity contribution >= 4 is 22.3 Å². The Morgan fingerprint density at radius 1 is 1.64 bits per heavy atom. The standard InChI is InChI=1S/C6H15NO2P2/c1-5(7-10)6(8)4-11(2,3)9/h5,7H,4,10H2,1-3H3. The lowest BCUT2D eigenvalue weighted by molar-refractivity contribution is -0.117. The molecule has 0 aromatic rings. The van der Waals surface area contributed by atoms with Gasteiger partial charge in [-0.15, -0.1) is 0 Å². The summed E-state index contributed by atoms with van der Waals surface area (Å²) >= 11 is 0. The van der Waals surface area contributed by atoms with Gasteiger partial charge in [0.2, 0.25) is 0 Å². The molecule has 0 saturated heterocycles. The molecule has 0 bridgehead atoms. The quantitative estimate of drug-likeness (QED) is 0.679. The van der Waals surface area contributed by atoms with Crippen molar-refractivity contribution < 1.29 is 9.36 Å². The molecule has 0 aliphatic heterocycles. The van der Waals surface area contributed by atoms with E-state index in [1.165, 1.54) is 0 Å². The highest BCUT2D eigenvalue weighted by Crippen LogP contribution is 2.35. The van der Waals surface area contributed by atoms with E-state index in [4.69, 9.17) is 0 Å². The van der Waals surface area contributed by atoms with Crippen molar-refractivity contribution in [3.05, 3.63) is 0 Å². The van der Waals surface area contributed by atoms with Crippen LogP contribution in [0, 0.1) is 0 Å². The highest BCUT2D eigenvalue weighted by Gasteiger charge is 2.17. The number of carbonyl (C=O) groups excluding carboxylic acids is 1. The molecular weight excluding hydrogens is 180 g/mol. The first-order valence-corrected chi connectivity index (χ1v) is 6.76. The highest BCUT2D eigenvalue weighted by molar-refractivity contribution is 7.63. The zero-order valence-corrected chi connectivity index (χ0v) is 9.17. The molecule has 2 unspecified atom stereocenters. The first kappa shape index (κ1) is 11.3. The van der Waals surface area contributed by atoms with Crippen LogP contribution in [0.1, 0.15) is 6.92 Å². The molecule has 0 aliphatic rings. The normalized spacial score (nSPS) is 14.5. The average Bonchev–Trinajstić information content (AvgIpc) is 1.82. The molecule has 0 aromatic heterocycles. The third-order valence-electron chi connectivity index (χ3n) is 1.27. The number of hydrogen-bond acceptors (Lipinski definition) is 3. The summed E-state index contributed by atoms with van der Waals surface area (Å²) in [7, 11) is 0.0850. The molecule has 3 nitrogen and oxygen atoms in total. The number of rotatable bonds is 4. The van der Waals surface area contributed by atoms with Crippen molar-refractivity contribution in [1.82, 2.24) is 5.09 Å². The van der Waals surface area contributed by atoms with E-state index in [-0.39, 0.29) is 18.0 Å². The average molecular weight is 195 g/mol. The molecule has 0 fully saturated rings. The Morgan fingerprint density at radius 2 is 2.09 bits per heavy atom. The minimum Gasteiger partial charge on any atom is -0.324 e. The van der Waals surface area contributed by atoms with Gasteiger partial charge in [0.15, 0.2) is 5.78 Å². The van der Waals surface area contributed by atoms with Gasteiger partial charge < -0.3 is 4.57 Å². The van der Waals surface area contributed by atoms with Crippen LogP contribution in [0.15, 0.2) is 0 Å². The lowest BCUT2D eigenvalue weighted by Gasteiger charge is -2.10. The molecule has 0 saturated carbocycles. The topological polar surface area (TPSA) is 46.2 Å². The third-order valence-corrected chi connectivity index (χ3v) is 2.84. The van der Waals surface area contributed by atoms with Crippen LogP contribution in [0.2, 0.25) is 0 Å². The Bertz CT molecular complexity index is 187. The Morgan fingerprint density at radius 3 is 2.36 bits per heavy atom. The number of carbonyl (C=O) groups is 1. The van der Waals surface area contributed by atoms with Gasteiger partial charge in [0.25, 0.3) is 0 Å². The van der Waals surface area contributed by atoms with E-state index in [2.05, 4.69) is 14.5 Å². The SMILES string of the molecule is CC(NP)C(=O)CP(C)(C)=O. The fourth-order valence-electron chi connectivity index (χ4n) is 0.605. The summed E-state index contributed by atoms with van der Waals surface area (Å²) in [5, 5.41) is 2.73. The minimum absolute atomic E-state index is 0.00772. The van der Waals surface area contributed by atoms with Crippen LogP contribution in [-0.4, -0.2) is 31.3 Å². The molecule has 0 radical (unpaired) electrons. The number of Topliss-reactive ketones (excluding diaryl/α,β-unsaturated/α-hetero) is 1. The first-order chi connectivity index (χ1) is 4.87. The summed E-state index contributed by atoms with van der Waals surface area (Å²) in [4.78, 5) is 11.1. The van der Waals surface area contributed by atoms with Gasteiger partial charge in [0.05, 0.1) is 19.3 Å².